The van der Waals surface area contributed by atoms with Crippen LogP contribution in [-0.2, 0) is 10.0 Å². The molecule has 0 aliphatic carbocycles. The zero-order chi connectivity index (χ0) is 16.3. The Morgan fingerprint density at radius 3 is 2.41 bits per heavy atom. The Balaban J connectivity index is 2.35. The third-order valence-electron chi connectivity index (χ3n) is 3.22. The summed E-state index contributed by atoms with van der Waals surface area (Å²) in [6.45, 7) is 3.66. The summed E-state index contributed by atoms with van der Waals surface area (Å²) < 4.78 is 27.5. The number of carbonyl (C=O) groups is 1. The molecule has 2 aromatic rings. The predicted octanol–water partition coefficient (Wildman–Crippen LogP) is 2.46. The minimum absolute atomic E-state index is 0.225. The van der Waals surface area contributed by atoms with Crippen LogP contribution in [0.25, 0.3) is 0 Å². The first-order valence-corrected chi connectivity index (χ1v) is 8.24. The number of carbonyl (C=O) groups excluding carboxylic acids is 1. The fourth-order valence-electron chi connectivity index (χ4n) is 2.18. The van der Waals surface area contributed by atoms with Crippen LogP contribution in [0.2, 0.25) is 0 Å². The maximum absolute atomic E-state index is 12.5. The number of hydrogen-bond acceptors (Lipinski definition) is 3. The highest BCUT2D eigenvalue weighted by atomic mass is 32.2. The van der Waals surface area contributed by atoms with Crippen molar-refractivity contribution in [3.05, 3.63) is 59.2 Å². The summed E-state index contributed by atoms with van der Waals surface area (Å²) in [5.41, 5.74) is 2.41. The van der Waals surface area contributed by atoms with Crippen LogP contribution in [0.3, 0.4) is 0 Å². The van der Waals surface area contributed by atoms with Gasteiger partial charge in [-0.15, -0.1) is 0 Å². The molecule has 0 atom stereocenters. The number of sulfonamides is 1. The van der Waals surface area contributed by atoms with Gasteiger partial charge in [-0.3, -0.25) is 9.52 Å². The third kappa shape index (κ3) is 3.46. The topological polar surface area (TPSA) is 75.3 Å². The van der Waals surface area contributed by atoms with Gasteiger partial charge in [0.15, 0.2) is 0 Å². The third-order valence-corrected chi connectivity index (χ3v) is 4.77. The van der Waals surface area contributed by atoms with Crippen LogP contribution in [0.1, 0.15) is 21.5 Å². The summed E-state index contributed by atoms with van der Waals surface area (Å²) >= 11 is 0. The molecule has 22 heavy (non-hydrogen) atoms. The Labute approximate surface area is 130 Å². The smallest absolute Gasteiger partial charge is 0.262 e. The van der Waals surface area contributed by atoms with E-state index in [-0.39, 0.29) is 10.8 Å². The summed E-state index contributed by atoms with van der Waals surface area (Å²) in [6.07, 6.45) is 0. The van der Waals surface area contributed by atoms with Crippen molar-refractivity contribution in [1.29, 1.82) is 0 Å². The first kappa shape index (κ1) is 16.0. The zero-order valence-corrected chi connectivity index (χ0v) is 13.5. The molecule has 116 valence electrons. The number of rotatable bonds is 4. The van der Waals surface area contributed by atoms with Crippen LogP contribution >= 0.6 is 0 Å². The van der Waals surface area contributed by atoms with Gasteiger partial charge in [-0.25, -0.2) is 8.42 Å². The highest BCUT2D eigenvalue weighted by Crippen LogP contribution is 2.21. The molecule has 1 amide bonds. The summed E-state index contributed by atoms with van der Waals surface area (Å²) in [5.74, 6) is -0.271. The first-order chi connectivity index (χ1) is 10.3. The Bertz CT molecular complexity index is 814. The summed E-state index contributed by atoms with van der Waals surface area (Å²) in [6, 6.07) is 11.5. The standard InChI is InChI=1S/C16H18N2O3S/c1-11-7-8-15(12(2)9-11)22(20,21)18-14-6-4-5-13(10-14)16(19)17-3/h4-10,18H,1-3H3,(H,17,19). The number of hydrogen-bond donors (Lipinski definition) is 2. The van der Waals surface area contributed by atoms with E-state index in [1.54, 1.807) is 37.3 Å². The monoisotopic (exact) mass is 318 g/mol. The number of anilines is 1. The lowest BCUT2D eigenvalue weighted by Gasteiger charge is -2.11. The molecule has 0 fully saturated rings. The molecule has 0 heterocycles. The minimum atomic E-state index is -3.69. The van der Waals surface area contributed by atoms with Crippen molar-refractivity contribution in [2.24, 2.45) is 0 Å². The van der Waals surface area contributed by atoms with Gasteiger partial charge in [0.1, 0.15) is 0 Å². The Morgan fingerprint density at radius 2 is 1.77 bits per heavy atom. The van der Waals surface area contributed by atoms with E-state index in [4.69, 9.17) is 0 Å². The normalized spacial score (nSPS) is 11.0. The van der Waals surface area contributed by atoms with Crippen molar-refractivity contribution >= 4 is 21.6 Å². The van der Waals surface area contributed by atoms with Gasteiger partial charge >= 0.3 is 0 Å². The van der Waals surface area contributed by atoms with Gasteiger partial charge in [0, 0.05) is 18.3 Å². The lowest BCUT2D eigenvalue weighted by atomic mass is 10.2. The average molecular weight is 318 g/mol. The van der Waals surface area contributed by atoms with E-state index in [1.807, 2.05) is 13.0 Å². The number of amides is 1. The van der Waals surface area contributed by atoms with Gasteiger partial charge in [-0.2, -0.15) is 0 Å². The second-order valence-electron chi connectivity index (χ2n) is 5.03. The van der Waals surface area contributed by atoms with E-state index in [9.17, 15) is 13.2 Å². The van der Waals surface area contributed by atoms with Gasteiger partial charge in [-0.05, 0) is 43.7 Å². The zero-order valence-electron chi connectivity index (χ0n) is 12.7. The summed E-state index contributed by atoms with van der Waals surface area (Å²) in [4.78, 5) is 11.8. The quantitative estimate of drug-likeness (QED) is 0.909. The highest BCUT2D eigenvalue weighted by Gasteiger charge is 2.17. The van der Waals surface area contributed by atoms with Gasteiger partial charge in [0.25, 0.3) is 15.9 Å². The molecule has 0 bridgehead atoms. The second-order valence-corrected chi connectivity index (χ2v) is 6.69. The largest absolute Gasteiger partial charge is 0.355 e. The van der Waals surface area contributed by atoms with Gasteiger partial charge < -0.3 is 5.32 Å². The minimum Gasteiger partial charge on any atom is -0.355 e. The second kappa shape index (κ2) is 6.19. The van der Waals surface area contributed by atoms with Crippen molar-refractivity contribution in [2.45, 2.75) is 18.7 Å². The van der Waals surface area contributed by atoms with E-state index in [0.29, 0.717) is 16.8 Å². The number of benzene rings is 2. The number of aryl methyl sites for hydroxylation is 2. The van der Waals surface area contributed by atoms with Crippen LogP contribution in [0.15, 0.2) is 47.4 Å². The van der Waals surface area contributed by atoms with E-state index >= 15 is 0 Å². The fourth-order valence-corrected chi connectivity index (χ4v) is 3.46. The van der Waals surface area contributed by atoms with Crippen LogP contribution in [0.4, 0.5) is 5.69 Å². The molecule has 0 spiro atoms. The van der Waals surface area contributed by atoms with Gasteiger partial charge in [-0.1, -0.05) is 23.8 Å². The van der Waals surface area contributed by atoms with Crippen LogP contribution in [0, 0.1) is 13.8 Å². The molecular weight excluding hydrogens is 300 g/mol. The van der Waals surface area contributed by atoms with Crippen molar-refractivity contribution in [3.63, 3.8) is 0 Å². The Morgan fingerprint density at radius 1 is 1.05 bits per heavy atom. The molecule has 0 unspecified atom stereocenters. The molecule has 2 N–H and O–H groups in total. The molecule has 0 aromatic heterocycles. The fraction of sp³-hybridized carbons (Fsp3) is 0.188. The van der Waals surface area contributed by atoms with Gasteiger partial charge in [0.05, 0.1) is 4.90 Å². The highest BCUT2D eigenvalue weighted by molar-refractivity contribution is 7.92. The molecule has 2 aromatic carbocycles. The summed E-state index contributed by atoms with van der Waals surface area (Å²) in [7, 11) is -2.17. The lowest BCUT2D eigenvalue weighted by Crippen LogP contribution is -2.18. The van der Waals surface area contributed by atoms with Crippen LogP contribution in [0.5, 0.6) is 0 Å². The average Bonchev–Trinajstić information content (AvgIpc) is 2.45. The molecular formula is C16H18N2O3S. The van der Waals surface area contributed by atoms with E-state index in [1.165, 1.54) is 13.1 Å². The van der Waals surface area contributed by atoms with E-state index < -0.39 is 10.0 Å². The number of nitrogens with one attached hydrogen (secondary N) is 2. The van der Waals surface area contributed by atoms with E-state index in [0.717, 1.165) is 5.56 Å². The molecule has 0 radical (unpaired) electrons. The maximum Gasteiger partial charge on any atom is 0.262 e. The molecule has 0 saturated heterocycles. The summed E-state index contributed by atoms with van der Waals surface area (Å²) in [5, 5.41) is 2.50. The molecule has 0 aliphatic rings. The predicted molar refractivity (Wildman–Crippen MR) is 86.6 cm³/mol. The molecule has 5 nitrogen and oxygen atoms in total. The molecule has 0 saturated carbocycles. The van der Waals surface area contributed by atoms with Crippen molar-refractivity contribution < 1.29 is 13.2 Å². The van der Waals surface area contributed by atoms with E-state index in [2.05, 4.69) is 10.0 Å². The maximum atomic E-state index is 12.5. The van der Waals surface area contributed by atoms with Crippen LogP contribution < -0.4 is 10.0 Å². The molecule has 0 aliphatic heterocycles. The molecule has 2 rings (SSSR count). The lowest BCUT2D eigenvalue weighted by molar-refractivity contribution is 0.0963. The van der Waals surface area contributed by atoms with Crippen molar-refractivity contribution in [3.8, 4) is 0 Å². The Hall–Kier alpha value is -2.34. The SMILES string of the molecule is CNC(=O)c1cccc(NS(=O)(=O)c2ccc(C)cc2C)c1. The van der Waals surface area contributed by atoms with Crippen molar-refractivity contribution in [2.75, 3.05) is 11.8 Å². The first-order valence-electron chi connectivity index (χ1n) is 6.76. The van der Waals surface area contributed by atoms with Crippen molar-refractivity contribution in [1.82, 2.24) is 5.32 Å². The molecule has 6 heteroatoms. The van der Waals surface area contributed by atoms with Gasteiger partial charge in [0.2, 0.25) is 0 Å². The van der Waals surface area contributed by atoms with Crippen LogP contribution in [-0.4, -0.2) is 21.4 Å². The Kier molecular flexibility index (Phi) is 4.51.